The summed E-state index contributed by atoms with van der Waals surface area (Å²) >= 11 is 4.85. The van der Waals surface area contributed by atoms with E-state index in [1.54, 1.807) is 24.3 Å². The Balaban J connectivity index is 2.55. The van der Waals surface area contributed by atoms with Gasteiger partial charge in [0.2, 0.25) is 0 Å². The van der Waals surface area contributed by atoms with Gasteiger partial charge in [0.1, 0.15) is 4.99 Å². The third-order valence-corrected chi connectivity index (χ3v) is 2.67. The molecule has 0 saturated carbocycles. The number of benzene rings is 1. The van der Waals surface area contributed by atoms with Gasteiger partial charge in [0.05, 0.1) is 0 Å². The zero-order valence-corrected chi connectivity index (χ0v) is 11.0. The summed E-state index contributed by atoms with van der Waals surface area (Å²) in [4.78, 5) is 12.1. The zero-order valence-electron chi connectivity index (χ0n) is 10.2. The van der Waals surface area contributed by atoms with Gasteiger partial charge in [-0.1, -0.05) is 38.2 Å². The molecule has 0 saturated heterocycles. The average Bonchev–Trinajstić information content (AvgIpc) is 2.28. The Labute approximate surface area is 107 Å². The summed E-state index contributed by atoms with van der Waals surface area (Å²) in [6, 6.07) is 7.00. The summed E-state index contributed by atoms with van der Waals surface area (Å²) in [5.41, 5.74) is 6.89. The number of nitrogens with two attached hydrogens (primary N) is 1. The Morgan fingerprint density at radius 2 is 1.82 bits per heavy atom. The Morgan fingerprint density at radius 1 is 1.29 bits per heavy atom. The van der Waals surface area contributed by atoms with Gasteiger partial charge >= 0.3 is 0 Å². The van der Waals surface area contributed by atoms with Crippen LogP contribution in [-0.2, 0) is 0 Å². The van der Waals surface area contributed by atoms with Crippen LogP contribution in [0.5, 0.6) is 0 Å². The fraction of sp³-hybridized carbons (Fsp3) is 0.385. The molecule has 17 heavy (non-hydrogen) atoms. The molecule has 4 heteroatoms. The van der Waals surface area contributed by atoms with E-state index in [2.05, 4.69) is 19.2 Å². The van der Waals surface area contributed by atoms with Crippen molar-refractivity contribution in [3.05, 3.63) is 35.4 Å². The van der Waals surface area contributed by atoms with Crippen molar-refractivity contribution < 1.29 is 4.79 Å². The number of hydrogen-bond donors (Lipinski definition) is 2. The molecule has 0 aliphatic heterocycles. The van der Waals surface area contributed by atoms with Gasteiger partial charge in [0.15, 0.2) is 0 Å². The predicted molar refractivity (Wildman–Crippen MR) is 74.1 cm³/mol. The van der Waals surface area contributed by atoms with E-state index in [1.165, 1.54) is 0 Å². The van der Waals surface area contributed by atoms with Crippen molar-refractivity contribution in [1.29, 1.82) is 0 Å². The normalized spacial score (nSPS) is 10.3. The van der Waals surface area contributed by atoms with Crippen molar-refractivity contribution in [3.8, 4) is 0 Å². The molecule has 0 bridgehead atoms. The molecule has 1 rings (SSSR count). The number of nitrogens with one attached hydrogen (secondary N) is 1. The summed E-state index contributed by atoms with van der Waals surface area (Å²) in [6.07, 6.45) is 0.983. The maximum atomic E-state index is 11.7. The lowest BCUT2D eigenvalue weighted by atomic mass is 10.1. The van der Waals surface area contributed by atoms with Crippen LogP contribution in [0.1, 0.15) is 36.2 Å². The molecule has 0 aromatic heterocycles. The molecule has 1 amide bonds. The van der Waals surface area contributed by atoms with Crippen molar-refractivity contribution in [3.63, 3.8) is 0 Å². The van der Waals surface area contributed by atoms with Crippen molar-refractivity contribution in [2.45, 2.75) is 20.3 Å². The van der Waals surface area contributed by atoms with E-state index in [0.717, 1.165) is 12.0 Å². The van der Waals surface area contributed by atoms with Gasteiger partial charge in [-0.15, -0.1) is 0 Å². The van der Waals surface area contributed by atoms with Crippen LogP contribution >= 0.6 is 12.2 Å². The highest BCUT2D eigenvalue weighted by Crippen LogP contribution is 2.05. The molecule has 92 valence electrons. The van der Waals surface area contributed by atoms with E-state index in [-0.39, 0.29) is 5.91 Å². The second kappa shape index (κ2) is 6.35. The summed E-state index contributed by atoms with van der Waals surface area (Å²) in [5, 5.41) is 2.88. The molecule has 3 nitrogen and oxygen atoms in total. The first kappa shape index (κ1) is 13.6. The maximum Gasteiger partial charge on any atom is 0.251 e. The SMILES string of the molecule is CC(C)CCNC(=O)c1ccc(C(N)=S)cc1. The minimum Gasteiger partial charge on any atom is -0.389 e. The lowest BCUT2D eigenvalue weighted by Gasteiger charge is -2.07. The molecule has 0 heterocycles. The van der Waals surface area contributed by atoms with Crippen LogP contribution in [0.25, 0.3) is 0 Å². The van der Waals surface area contributed by atoms with Gasteiger partial charge in [-0.25, -0.2) is 0 Å². The van der Waals surface area contributed by atoms with Gasteiger partial charge in [-0.3, -0.25) is 4.79 Å². The number of rotatable bonds is 5. The second-order valence-electron chi connectivity index (χ2n) is 4.38. The molecule has 1 aromatic rings. The third kappa shape index (κ3) is 4.53. The van der Waals surface area contributed by atoms with Crippen LogP contribution in [-0.4, -0.2) is 17.4 Å². The smallest absolute Gasteiger partial charge is 0.251 e. The van der Waals surface area contributed by atoms with E-state index < -0.39 is 0 Å². The van der Waals surface area contributed by atoms with Crippen molar-refractivity contribution >= 4 is 23.1 Å². The second-order valence-corrected chi connectivity index (χ2v) is 4.82. The molecular weight excluding hydrogens is 232 g/mol. The summed E-state index contributed by atoms with van der Waals surface area (Å²) in [6.45, 7) is 4.96. The highest BCUT2D eigenvalue weighted by atomic mass is 32.1. The van der Waals surface area contributed by atoms with Crippen LogP contribution in [0.2, 0.25) is 0 Å². The number of amides is 1. The van der Waals surface area contributed by atoms with E-state index in [9.17, 15) is 4.79 Å². The highest BCUT2D eigenvalue weighted by molar-refractivity contribution is 7.80. The van der Waals surface area contributed by atoms with Crippen molar-refractivity contribution in [1.82, 2.24) is 5.32 Å². The first-order chi connectivity index (χ1) is 8.00. The van der Waals surface area contributed by atoms with Crippen LogP contribution in [0.15, 0.2) is 24.3 Å². The fourth-order valence-electron chi connectivity index (χ4n) is 1.36. The average molecular weight is 250 g/mol. The molecule has 3 N–H and O–H groups in total. The largest absolute Gasteiger partial charge is 0.389 e. The standard InChI is InChI=1S/C13H18N2OS/c1-9(2)7-8-15-13(16)11-5-3-10(4-6-11)12(14)17/h3-6,9H,7-8H2,1-2H3,(H2,14,17)(H,15,16). The van der Waals surface area contributed by atoms with Crippen LogP contribution in [0.3, 0.4) is 0 Å². The van der Waals surface area contributed by atoms with Crippen LogP contribution in [0.4, 0.5) is 0 Å². The van der Waals surface area contributed by atoms with E-state index in [4.69, 9.17) is 18.0 Å². The summed E-state index contributed by atoms with van der Waals surface area (Å²) < 4.78 is 0. The van der Waals surface area contributed by atoms with Gasteiger partial charge in [0, 0.05) is 17.7 Å². The van der Waals surface area contributed by atoms with E-state index in [0.29, 0.717) is 23.0 Å². The molecule has 0 atom stereocenters. The van der Waals surface area contributed by atoms with Gasteiger partial charge < -0.3 is 11.1 Å². The third-order valence-electron chi connectivity index (χ3n) is 2.44. The summed E-state index contributed by atoms with van der Waals surface area (Å²) in [5.74, 6) is 0.535. The molecular formula is C13H18N2OS. The first-order valence-electron chi connectivity index (χ1n) is 5.68. The number of hydrogen-bond acceptors (Lipinski definition) is 2. The Bertz CT molecular complexity index is 398. The number of carbonyl (C=O) groups is 1. The molecule has 0 unspecified atom stereocenters. The Hall–Kier alpha value is -1.42. The van der Waals surface area contributed by atoms with Gasteiger partial charge in [-0.2, -0.15) is 0 Å². The molecule has 0 radical (unpaired) electrons. The first-order valence-corrected chi connectivity index (χ1v) is 6.09. The zero-order chi connectivity index (χ0) is 12.8. The van der Waals surface area contributed by atoms with Gasteiger partial charge in [-0.05, 0) is 24.5 Å². The molecule has 0 spiro atoms. The quantitative estimate of drug-likeness (QED) is 0.787. The van der Waals surface area contributed by atoms with Crippen LogP contribution < -0.4 is 11.1 Å². The van der Waals surface area contributed by atoms with Gasteiger partial charge in [0.25, 0.3) is 5.91 Å². The summed E-state index contributed by atoms with van der Waals surface area (Å²) in [7, 11) is 0. The minimum atomic E-state index is -0.0554. The predicted octanol–water partition coefficient (Wildman–Crippen LogP) is 2.10. The van der Waals surface area contributed by atoms with Crippen molar-refractivity contribution in [2.24, 2.45) is 11.7 Å². The fourth-order valence-corrected chi connectivity index (χ4v) is 1.50. The lowest BCUT2D eigenvalue weighted by molar-refractivity contribution is 0.0952. The van der Waals surface area contributed by atoms with Crippen LogP contribution in [0, 0.1) is 5.92 Å². The maximum absolute atomic E-state index is 11.7. The van der Waals surface area contributed by atoms with Crippen molar-refractivity contribution in [2.75, 3.05) is 6.54 Å². The topological polar surface area (TPSA) is 55.1 Å². The number of carbonyl (C=O) groups excluding carboxylic acids is 1. The highest BCUT2D eigenvalue weighted by Gasteiger charge is 2.05. The molecule has 1 aromatic carbocycles. The Morgan fingerprint density at radius 3 is 2.29 bits per heavy atom. The number of thiocarbonyl (C=S) groups is 1. The minimum absolute atomic E-state index is 0.0554. The van der Waals surface area contributed by atoms with E-state index >= 15 is 0 Å². The lowest BCUT2D eigenvalue weighted by Crippen LogP contribution is -2.25. The monoisotopic (exact) mass is 250 g/mol. The molecule has 0 aliphatic rings. The Kier molecular flexibility index (Phi) is 5.10. The van der Waals surface area contributed by atoms with E-state index in [1.807, 2.05) is 0 Å². The molecule has 0 aliphatic carbocycles. The molecule has 0 fully saturated rings.